The molecule has 0 bridgehead atoms. The van der Waals surface area contributed by atoms with Gasteiger partial charge in [-0.25, -0.2) is 0 Å². The second-order valence-corrected chi connectivity index (χ2v) is 5.45. The summed E-state index contributed by atoms with van der Waals surface area (Å²) < 4.78 is 5.30. The highest BCUT2D eigenvalue weighted by Crippen LogP contribution is 2.46. The van der Waals surface area contributed by atoms with E-state index in [0.29, 0.717) is 0 Å². The molecule has 5 heteroatoms. The molecule has 0 aromatic heterocycles. The third-order valence-electron chi connectivity index (χ3n) is 4.58. The van der Waals surface area contributed by atoms with Gasteiger partial charge in [0.15, 0.2) is 0 Å². The van der Waals surface area contributed by atoms with Crippen LogP contribution in [0.5, 0.6) is 5.75 Å². The molecule has 2 N–H and O–H groups in total. The first kappa shape index (κ1) is 15.1. The number of hydrogen-bond acceptors (Lipinski definition) is 3. The largest absolute Gasteiger partial charge is 0.497 e. The van der Waals surface area contributed by atoms with Gasteiger partial charge in [-0.15, -0.1) is 12.4 Å². The van der Waals surface area contributed by atoms with E-state index in [9.17, 15) is 4.79 Å². The number of piperidine rings is 1. The van der Waals surface area contributed by atoms with Crippen molar-refractivity contribution in [3.8, 4) is 5.75 Å². The van der Waals surface area contributed by atoms with E-state index in [1.54, 1.807) is 7.11 Å². The molecule has 2 fully saturated rings. The van der Waals surface area contributed by atoms with Crippen LogP contribution < -0.4 is 15.4 Å². The van der Waals surface area contributed by atoms with Gasteiger partial charge in [0.25, 0.3) is 0 Å². The first-order valence-corrected chi connectivity index (χ1v) is 6.89. The summed E-state index contributed by atoms with van der Waals surface area (Å²) in [6.45, 7) is 2.59. The van der Waals surface area contributed by atoms with Crippen molar-refractivity contribution in [1.29, 1.82) is 0 Å². The summed E-state index contributed by atoms with van der Waals surface area (Å²) in [5.74, 6) is 1.35. The minimum absolute atomic E-state index is 0. The molecule has 1 spiro atoms. The molecule has 0 saturated carbocycles. The van der Waals surface area contributed by atoms with Crippen molar-refractivity contribution in [3.05, 3.63) is 29.8 Å². The van der Waals surface area contributed by atoms with Crippen LogP contribution in [0.15, 0.2) is 24.3 Å². The number of ether oxygens (including phenoxy) is 1. The topological polar surface area (TPSA) is 50.4 Å². The molecule has 1 amide bonds. The smallest absolute Gasteiger partial charge is 0.227 e. The van der Waals surface area contributed by atoms with E-state index in [1.165, 1.54) is 5.56 Å². The van der Waals surface area contributed by atoms with Crippen LogP contribution in [0.25, 0.3) is 0 Å². The number of carbonyl (C=O) groups is 1. The molecule has 2 aliphatic rings. The fourth-order valence-corrected chi connectivity index (χ4v) is 3.47. The molecule has 3 rings (SSSR count). The van der Waals surface area contributed by atoms with Gasteiger partial charge in [0.1, 0.15) is 5.75 Å². The van der Waals surface area contributed by atoms with Crippen LogP contribution in [0.1, 0.15) is 24.3 Å². The van der Waals surface area contributed by atoms with Gasteiger partial charge < -0.3 is 15.4 Å². The average molecular weight is 297 g/mol. The molecule has 2 heterocycles. The molecule has 110 valence electrons. The number of halogens is 1. The predicted molar refractivity (Wildman–Crippen MR) is 80.5 cm³/mol. The van der Waals surface area contributed by atoms with Crippen molar-refractivity contribution in [3.63, 3.8) is 0 Å². The Morgan fingerprint density at radius 3 is 2.75 bits per heavy atom. The lowest BCUT2D eigenvalue weighted by Crippen LogP contribution is -2.44. The number of carbonyl (C=O) groups excluding carboxylic acids is 1. The molecule has 2 saturated heterocycles. The first-order valence-electron chi connectivity index (χ1n) is 6.89. The first-order chi connectivity index (χ1) is 9.26. The second-order valence-electron chi connectivity index (χ2n) is 5.45. The van der Waals surface area contributed by atoms with Crippen LogP contribution in [0.4, 0.5) is 0 Å². The second kappa shape index (κ2) is 6.02. The monoisotopic (exact) mass is 296 g/mol. The number of amides is 1. The molecule has 1 unspecified atom stereocenters. The molecular formula is C15H21ClN2O2. The van der Waals surface area contributed by atoms with Crippen LogP contribution in [0.2, 0.25) is 0 Å². The molecule has 1 aromatic rings. The Balaban J connectivity index is 0.00000147. The third kappa shape index (κ3) is 2.38. The Morgan fingerprint density at radius 1 is 1.30 bits per heavy atom. The van der Waals surface area contributed by atoms with Gasteiger partial charge in [-0.2, -0.15) is 0 Å². The van der Waals surface area contributed by atoms with Crippen LogP contribution in [-0.2, 0) is 4.79 Å². The van der Waals surface area contributed by atoms with E-state index in [4.69, 9.17) is 4.74 Å². The highest BCUT2D eigenvalue weighted by molar-refractivity contribution is 5.86. The predicted octanol–water partition coefficient (Wildman–Crippen LogP) is 1.70. The number of benzene rings is 1. The fourth-order valence-electron chi connectivity index (χ4n) is 3.47. The Labute approximate surface area is 125 Å². The van der Waals surface area contributed by atoms with Crippen molar-refractivity contribution in [2.24, 2.45) is 5.41 Å². The van der Waals surface area contributed by atoms with Crippen LogP contribution in [0, 0.1) is 5.41 Å². The van der Waals surface area contributed by atoms with Gasteiger partial charge >= 0.3 is 0 Å². The van der Waals surface area contributed by atoms with E-state index in [0.717, 1.165) is 38.2 Å². The highest BCUT2D eigenvalue weighted by Gasteiger charge is 2.50. The molecular weight excluding hydrogens is 276 g/mol. The minimum atomic E-state index is -0.225. The lowest BCUT2D eigenvalue weighted by Gasteiger charge is -2.36. The fraction of sp³-hybridized carbons (Fsp3) is 0.533. The number of rotatable bonds is 2. The summed E-state index contributed by atoms with van der Waals surface area (Å²) in [5.41, 5.74) is 0.983. The van der Waals surface area contributed by atoms with Gasteiger partial charge in [0.2, 0.25) is 5.91 Å². The molecule has 2 aliphatic heterocycles. The molecule has 4 nitrogen and oxygen atoms in total. The molecule has 0 aliphatic carbocycles. The summed E-state index contributed by atoms with van der Waals surface area (Å²) in [6.07, 6.45) is 1.83. The van der Waals surface area contributed by atoms with Gasteiger partial charge in [0, 0.05) is 12.5 Å². The number of nitrogens with one attached hydrogen (secondary N) is 2. The van der Waals surface area contributed by atoms with Crippen LogP contribution >= 0.6 is 12.4 Å². The molecule has 1 aromatic carbocycles. The average Bonchev–Trinajstić information content (AvgIpc) is 2.77. The van der Waals surface area contributed by atoms with Gasteiger partial charge in [0.05, 0.1) is 12.5 Å². The lowest BCUT2D eigenvalue weighted by atomic mass is 9.68. The standard InChI is InChI=1S/C15H20N2O2.ClH/c1-19-12-4-2-3-11(9-12)13-10-17-14(18)15(13)5-7-16-8-6-15;/h2-4,9,13,16H,5-8,10H2,1H3,(H,17,18);1H. The molecule has 20 heavy (non-hydrogen) atoms. The summed E-state index contributed by atoms with van der Waals surface area (Å²) in [5, 5.41) is 6.40. The van der Waals surface area contributed by atoms with Gasteiger partial charge in [-0.1, -0.05) is 12.1 Å². The summed E-state index contributed by atoms with van der Waals surface area (Å²) in [4.78, 5) is 12.3. The van der Waals surface area contributed by atoms with Crippen molar-refractivity contribution in [2.45, 2.75) is 18.8 Å². The quantitative estimate of drug-likeness (QED) is 0.873. The summed E-state index contributed by atoms with van der Waals surface area (Å²) in [6, 6.07) is 8.13. The van der Waals surface area contributed by atoms with Crippen molar-refractivity contribution in [1.82, 2.24) is 10.6 Å². The Hall–Kier alpha value is -1.26. The maximum Gasteiger partial charge on any atom is 0.227 e. The maximum atomic E-state index is 12.3. The van der Waals surface area contributed by atoms with Gasteiger partial charge in [-0.3, -0.25) is 4.79 Å². The Bertz CT molecular complexity index is 487. The van der Waals surface area contributed by atoms with Gasteiger partial charge in [-0.05, 0) is 43.6 Å². The van der Waals surface area contributed by atoms with Crippen molar-refractivity contribution >= 4 is 18.3 Å². The van der Waals surface area contributed by atoms with E-state index in [2.05, 4.69) is 22.8 Å². The number of methoxy groups -OCH3 is 1. The normalized spacial score (nSPS) is 24.1. The Morgan fingerprint density at radius 2 is 2.05 bits per heavy atom. The van der Waals surface area contributed by atoms with Crippen LogP contribution in [-0.4, -0.2) is 32.7 Å². The molecule has 0 radical (unpaired) electrons. The van der Waals surface area contributed by atoms with E-state index >= 15 is 0 Å². The maximum absolute atomic E-state index is 12.3. The third-order valence-corrected chi connectivity index (χ3v) is 4.58. The van der Waals surface area contributed by atoms with E-state index in [-0.39, 0.29) is 29.6 Å². The van der Waals surface area contributed by atoms with E-state index in [1.807, 2.05) is 12.1 Å². The highest BCUT2D eigenvalue weighted by atomic mass is 35.5. The van der Waals surface area contributed by atoms with Crippen molar-refractivity contribution in [2.75, 3.05) is 26.7 Å². The zero-order valence-electron chi connectivity index (χ0n) is 11.6. The zero-order chi connectivity index (χ0) is 13.3. The zero-order valence-corrected chi connectivity index (χ0v) is 12.5. The van der Waals surface area contributed by atoms with Crippen molar-refractivity contribution < 1.29 is 9.53 Å². The van der Waals surface area contributed by atoms with Crippen LogP contribution in [0.3, 0.4) is 0 Å². The Kier molecular flexibility index (Phi) is 4.55. The molecule has 1 atom stereocenters. The number of hydrogen-bond donors (Lipinski definition) is 2. The summed E-state index contributed by atoms with van der Waals surface area (Å²) in [7, 11) is 1.68. The minimum Gasteiger partial charge on any atom is -0.497 e. The lowest BCUT2D eigenvalue weighted by molar-refractivity contribution is -0.129. The van der Waals surface area contributed by atoms with E-state index < -0.39 is 0 Å². The summed E-state index contributed by atoms with van der Waals surface area (Å²) >= 11 is 0. The SMILES string of the molecule is COc1cccc(C2CNC(=O)C23CCNCC3)c1.Cl.